The molecule has 0 spiro atoms. The predicted octanol–water partition coefficient (Wildman–Crippen LogP) is 30.6. The molecule has 0 aliphatic heterocycles. The van der Waals surface area contributed by atoms with Crippen molar-refractivity contribution in [3.8, 4) is 44.5 Å². The number of hydrogen-bond acceptors (Lipinski definition) is 6. The van der Waals surface area contributed by atoms with Gasteiger partial charge in [-0.1, -0.05) is 382 Å². The van der Waals surface area contributed by atoms with E-state index in [1.165, 1.54) is 287 Å². The lowest BCUT2D eigenvalue weighted by Gasteiger charge is -2.33. The van der Waals surface area contributed by atoms with E-state index in [0.717, 1.165) is 78.6 Å². The molecule has 8 heteroatoms. The van der Waals surface area contributed by atoms with E-state index in [4.69, 9.17) is 11.5 Å². The van der Waals surface area contributed by atoms with Crippen LogP contribution in [0.3, 0.4) is 0 Å². The van der Waals surface area contributed by atoms with Gasteiger partial charge in [0.05, 0.1) is 9.85 Å². The van der Waals surface area contributed by atoms with Crippen LogP contribution >= 0.6 is 0 Å². The highest BCUT2D eigenvalue weighted by Gasteiger charge is 2.46. The Morgan fingerprint density at radius 2 is 0.481 bits per heavy atom. The van der Waals surface area contributed by atoms with Gasteiger partial charge in [-0.05, 0) is 170 Å². The van der Waals surface area contributed by atoms with E-state index in [9.17, 15) is 20.2 Å². The first-order valence-electron chi connectivity index (χ1n) is 43.6. The van der Waals surface area contributed by atoms with Gasteiger partial charge in [-0.15, -0.1) is 0 Å². The minimum atomic E-state index is -0.405. The highest BCUT2D eigenvalue weighted by atomic mass is 16.6. The van der Waals surface area contributed by atoms with Crippen molar-refractivity contribution in [1.29, 1.82) is 0 Å². The topological polar surface area (TPSA) is 138 Å². The molecule has 0 heterocycles. The van der Waals surface area contributed by atoms with Crippen LogP contribution in [-0.4, -0.2) is 9.85 Å². The van der Waals surface area contributed by atoms with Crippen molar-refractivity contribution < 1.29 is 9.85 Å². The molecule has 0 unspecified atom stereocenters. The Labute approximate surface area is 653 Å². The fourth-order valence-electron chi connectivity index (χ4n) is 19.0. The summed E-state index contributed by atoms with van der Waals surface area (Å²) in [6.45, 7) is 13.6. The van der Waals surface area contributed by atoms with E-state index in [-0.39, 0.29) is 32.1 Å². The highest BCUT2D eigenvalue weighted by Crippen LogP contribution is 2.58. The van der Waals surface area contributed by atoms with E-state index in [0.29, 0.717) is 0 Å². The van der Waals surface area contributed by atoms with Crippen molar-refractivity contribution in [3.63, 3.8) is 0 Å². The molecule has 12 rings (SSSR count). The Morgan fingerprint density at radius 1 is 0.259 bits per heavy atom. The predicted molar refractivity (Wildman–Crippen MR) is 463 cm³/mol. The molecule has 4 N–H and O–H groups in total. The Kier molecular flexibility index (Phi) is 34.4. The summed E-state index contributed by atoms with van der Waals surface area (Å²) in [4.78, 5) is 22.7. The first-order chi connectivity index (χ1) is 52.8. The van der Waals surface area contributed by atoms with E-state index >= 15 is 0 Å². The summed E-state index contributed by atoms with van der Waals surface area (Å²) >= 11 is 0. The molecule has 108 heavy (non-hydrogen) atoms. The number of nitrogens with two attached hydrogens (primary N) is 2. The number of hydrogen-bond donors (Lipinski definition) is 2. The second-order valence-electron chi connectivity index (χ2n) is 32.5. The van der Waals surface area contributed by atoms with Crippen molar-refractivity contribution >= 4 is 22.7 Å². The largest absolute Gasteiger partial charge is 0.399 e. The third-order valence-electron chi connectivity index (χ3n) is 24.8. The first-order valence-corrected chi connectivity index (χ1v) is 43.6. The smallest absolute Gasteiger partial charge is 0.269 e. The SMILES string of the molecule is CCCCCCCCC1(CCCCCCCC)c2cc(N)ccc2-c2ccc(N)cc21.CCCCCCCCC1(CCCCCCCC)c2cc([N+](=O)[O-])ccc2-c2ccc([N+](=O)[O-])cc21.CCCCCCCCC1(CCCCCCCC)c2ccccc2-c2ccccc21.c1ccc2c(c1)Cc1ccccc1-2. The number of benzene rings is 8. The normalized spacial score (nSPS) is 13.6. The van der Waals surface area contributed by atoms with Gasteiger partial charge in [0.15, 0.2) is 0 Å². The number of anilines is 2. The monoisotopic (exact) mass is 1460 g/mol. The molecule has 0 bridgehead atoms. The number of rotatable bonds is 44. The van der Waals surface area contributed by atoms with Crippen LogP contribution in [0.15, 0.2) is 170 Å². The zero-order valence-electron chi connectivity index (χ0n) is 67.8. The van der Waals surface area contributed by atoms with Gasteiger partial charge >= 0.3 is 0 Å². The third kappa shape index (κ3) is 21.8. The maximum atomic E-state index is 11.7. The molecule has 0 aromatic heterocycles. The van der Waals surface area contributed by atoms with E-state index < -0.39 is 5.41 Å². The standard InChI is InChI=1S/C29H40N2O4.C29H44N2.C29H42.C13H10/c1-3-5-7-9-11-13-19-29(20-14-12-10-8-6-4-2)27-21-23(30(32)33)15-17-25(27)26-18-16-24(31(34)35)22-28(26)29;1-3-5-7-9-11-13-19-29(20-14-12-10-8-6-4-2)27-21-23(30)15-17-25(27)26-18-16-24(31)22-28(26)29;1-3-5-7-9-11-17-23-29(24-18-12-10-8-6-4-2)27-21-15-13-19-25(27)26-20-14-16-22-28(26)29;1-3-7-12-10(5-1)9-11-6-2-4-8-13(11)12/h15-18,21-22H,3-14,19-20H2,1-2H3;15-18,21-22H,3-14,19-20,30-31H2,1-2H3;13-16,19-22H,3-12,17-18,23-24H2,1-2H3;1-8H,9H2. The van der Waals surface area contributed by atoms with E-state index in [2.05, 4.69) is 175 Å². The van der Waals surface area contributed by atoms with Crippen molar-refractivity contribution in [1.82, 2.24) is 0 Å². The summed E-state index contributed by atoms with van der Waals surface area (Å²) in [5.74, 6) is 0. The van der Waals surface area contributed by atoms with Crippen molar-refractivity contribution in [2.45, 2.75) is 334 Å². The zero-order chi connectivity index (χ0) is 76.4. The summed E-state index contributed by atoms with van der Waals surface area (Å²) in [7, 11) is 0. The minimum absolute atomic E-state index is 0.0743. The lowest BCUT2D eigenvalue weighted by Crippen LogP contribution is -2.26. The minimum Gasteiger partial charge on any atom is -0.399 e. The van der Waals surface area contributed by atoms with Crippen LogP contribution in [-0.2, 0) is 22.7 Å². The third-order valence-corrected chi connectivity index (χ3v) is 24.8. The Bertz CT molecular complexity index is 3790. The van der Waals surface area contributed by atoms with Crippen LogP contribution in [0, 0.1) is 20.2 Å². The van der Waals surface area contributed by atoms with Gasteiger partial charge in [0.25, 0.3) is 11.4 Å². The van der Waals surface area contributed by atoms with E-state index in [1.807, 2.05) is 12.1 Å². The van der Waals surface area contributed by atoms with Crippen molar-refractivity contribution in [3.05, 3.63) is 235 Å². The Morgan fingerprint density at radius 3 is 0.769 bits per heavy atom. The zero-order valence-corrected chi connectivity index (χ0v) is 67.8. The summed E-state index contributed by atoms with van der Waals surface area (Å²) in [6.07, 6.45) is 54.5. The molecule has 0 radical (unpaired) electrons. The Balaban J connectivity index is 0.000000172. The Hall–Kier alpha value is -7.84. The number of non-ortho nitro benzene ring substituents is 2. The van der Waals surface area contributed by atoms with Crippen LogP contribution < -0.4 is 11.5 Å². The summed E-state index contributed by atoms with van der Waals surface area (Å²) in [5, 5.41) is 23.3. The molecule has 0 amide bonds. The second-order valence-corrected chi connectivity index (χ2v) is 32.5. The lowest BCUT2D eigenvalue weighted by molar-refractivity contribution is -0.385. The van der Waals surface area contributed by atoms with Crippen LogP contribution in [0.25, 0.3) is 44.5 Å². The molecule has 8 aromatic rings. The van der Waals surface area contributed by atoms with Crippen molar-refractivity contribution in [2.75, 3.05) is 11.5 Å². The summed E-state index contributed by atoms with van der Waals surface area (Å²) in [6, 6.07) is 59.3. The van der Waals surface area contributed by atoms with Gasteiger partial charge < -0.3 is 11.5 Å². The van der Waals surface area contributed by atoms with Crippen LogP contribution in [0.5, 0.6) is 0 Å². The molecule has 0 fully saturated rings. The second kappa shape index (κ2) is 44.1. The average Bonchev–Trinajstić information content (AvgIpc) is 1.58. The maximum absolute atomic E-state index is 11.7. The van der Waals surface area contributed by atoms with Gasteiger partial charge in [-0.25, -0.2) is 0 Å². The molecule has 0 saturated heterocycles. The quantitative estimate of drug-likeness (QED) is 0.0169. The molecule has 8 nitrogen and oxygen atoms in total. The fraction of sp³-hybridized carbons (Fsp3) is 0.520. The summed E-state index contributed by atoms with van der Waals surface area (Å²) < 4.78 is 0. The molecule has 0 saturated carbocycles. The van der Waals surface area contributed by atoms with Crippen LogP contribution in [0.4, 0.5) is 22.7 Å². The van der Waals surface area contributed by atoms with Gasteiger partial charge in [0, 0.05) is 51.9 Å². The van der Waals surface area contributed by atoms with Gasteiger partial charge in [0.2, 0.25) is 0 Å². The highest BCUT2D eigenvalue weighted by molar-refractivity contribution is 5.85. The van der Waals surface area contributed by atoms with Crippen molar-refractivity contribution in [2.24, 2.45) is 0 Å². The van der Waals surface area contributed by atoms with Crippen LogP contribution in [0.1, 0.15) is 356 Å². The molecular formula is C100H136N4O4. The maximum Gasteiger partial charge on any atom is 0.269 e. The van der Waals surface area contributed by atoms with Crippen LogP contribution in [0.2, 0.25) is 0 Å². The molecule has 580 valence electrons. The number of nitrogen functional groups attached to an aromatic ring is 2. The van der Waals surface area contributed by atoms with E-state index in [1.54, 1.807) is 35.4 Å². The first kappa shape index (κ1) is 84.2. The summed E-state index contributed by atoms with van der Waals surface area (Å²) in [5.41, 5.74) is 36.1. The molecule has 4 aliphatic rings. The lowest BCUT2D eigenvalue weighted by atomic mass is 9.70. The van der Waals surface area contributed by atoms with Gasteiger partial charge in [0.1, 0.15) is 0 Å². The number of fused-ring (bicyclic) bond motifs is 12. The van der Waals surface area contributed by atoms with Gasteiger partial charge in [-0.2, -0.15) is 0 Å². The number of nitro groups is 2. The number of nitrogens with zero attached hydrogens (tertiary/aromatic N) is 2. The molecule has 0 atom stereocenters. The number of unbranched alkanes of at least 4 members (excludes halogenated alkanes) is 30. The molecule has 8 aromatic carbocycles. The van der Waals surface area contributed by atoms with Gasteiger partial charge in [-0.3, -0.25) is 20.2 Å². The number of nitro benzene ring substituents is 2. The molecule has 4 aliphatic carbocycles. The fourth-order valence-corrected chi connectivity index (χ4v) is 19.0. The average molecular weight is 1460 g/mol. The molecular weight excluding hydrogens is 1320 g/mol.